The molecule has 0 aliphatic carbocycles. The van der Waals surface area contributed by atoms with Crippen LogP contribution in [-0.4, -0.2) is 63.2 Å². The van der Waals surface area contributed by atoms with Crippen LogP contribution in [0.25, 0.3) is 5.65 Å². The maximum absolute atomic E-state index is 9.10. The van der Waals surface area contributed by atoms with Crippen molar-refractivity contribution in [1.82, 2.24) is 14.3 Å². The minimum atomic E-state index is -1.82. The first-order chi connectivity index (χ1) is 12.0. The zero-order chi connectivity index (χ0) is 18.2. The molecule has 3 rings (SSSR count). The maximum atomic E-state index is 9.10. The molecule has 3 heterocycles. The summed E-state index contributed by atoms with van der Waals surface area (Å²) >= 11 is 0. The molecule has 8 heteroatoms. The number of aliphatic carboxylic acids is 2. The number of hydrogen-bond acceptors (Lipinski definition) is 5. The maximum Gasteiger partial charge on any atom is 0.414 e. The molecule has 0 amide bonds. The predicted octanol–water partition coefficient (Wildman–Crippen LogP) is 1.35. The summed E-state index contributed by atoms with van der Waals surface area (Å²) in [6, 6.07) is 6.12. The van der Waals surface area contributed by atoms with Crippen LogP contribution in [0.15, 0.2) is 30.6 Å². The van der Waals surface area contributed by atoms with Gasteiger partial charge >= 0.3 is 11.9 Å². The van der Waals surface area contributed by atoms with E-state index in [1.807, 2.05) is 18.2 Å². The summed E-state index contributed by atoms with van der Waals surface area (Å²) in [7, 11) is 1.79. The molecule has 1 aliphatic heterocycles. The van der Waals surface area contributed by atoms with Gasteiger partial charge in [0.1, 0.15) is 5.65 Å². The Labute approximate surface area is 145 Å². The van der Waals surface area contributed by atoms with E-state index in [0.717, 1.165) is 43.5 Å². The summed E-state index contributed by atoms with van der Waals surface area (Å²) in [6.07, 6.45) is 6.66. The first kappa shape index (κ1) is 18.9. The lowest BCUT2D eigenvalue weighted by Crippen LogP contribution is -2.34. The van der Waals surface area contributed by atoms with Crippen molar-refractivity contribution >= 4 is 17.6 Å². The summed E-state index contributed by atoms with van der Waals surface area (Å²) in [5.41, 5.74) is 2.20. The molecule has 0 unspecified atom stereocenters. The molecular formula is C17H23N3O5. The summed E-state index contributed by atoms with van der Waals surface area (Å²) in [4.78, 5) is 25.4. The molecule has 1 fully saturated rings. The highest BCUT2D eigenvalue weighted by Crippen LogP contribution is 2.19. The lowest BCUT2D eigenvalue weighted by Gasteiger charge is -2.30. The van der Waals surface area contributed by atoms with Crippen LogP contribution in [0, 0.1) is 5.92 Å². The molecule has 0 saturated carbocycles. The van der Waals surface area contributed by atoms with Gasteiger partial charge in [-0.25, -0.2) is 14.6 Å². The molecule has 8 nitrogen and oxygen atoms in total. The fraction of sp³-hybridized carbons (Fsp3) is 0.471. The van der Waals surface area contributed by atoms with Crippen molar-refractivity contribution in [3.05, 3.63) is 36.3 Å². The highest BCUT2D eigenvalue weighted by Gasteiger charge is 2.19. The minimum Gasteiger partial charge on any atom is -0.473 e. The third kappa shape index (κ3) is 5.84. The fourth-order valence-corrected chi connectivity index (χ4v) is 2.84. The van der Waals surface area contributed by atoms with E-state index in [1.54, 1.807) is 7.11 Å². The molecule has 0 radical (unpaired) electrons. The molecular weight excluding hydrogens is 326 g/mol. The van der Waals surface area contributed by atoms with E-state index in [2.05, 4.69) is 26.7 Å². The highest BCUT2D eigenvalue weighted by molar-refractivity contribution is 6.27. The van der Waals surface area contributed by atoms with Gasteiger partial charge in [-0.2, -0.15) is 0 Å². The Morgan fingerprint density at radius 2 is 1.92 bits per heavy atom. The summed E-state index contributed by atoms with van der Waals surface area (Å²) < 4.78 is 7.33. The van der Waals surface area contributed by atoms with Crippen molar-refractivity contribution in [3.8, 4) is 0 Å². The number of ether oxygens (including phenoxy) is 1. The number of carbonyl (C=O) groups is 2. The predicted molar refractivity (Wildman–Crippen MR) is 90.3 cm³/mol. The Balaban J connectivity index is 0.000000326. The number of methoxy groups -OCH3 is 1. The number of nitrogens with zero attached hydrogens (tertiary/aromatic N) is 3. The highest BCUT2D eigenvalue weighted by atomic mass is 16.5. The monoisotopic (exact) mass is 349 g/mol. The Bertz CT molecular complexity index is 662. The van der Waals surface area contributed by atoms with Gasteiger partial charge in [0, 0.05) is 32.7 Å². The third-order valence-electron chi connectivity index (χ3n) is 4.09. The van der Waals surface area contributed by atoms with Crippen LogP contribution >= 0.6 is 0 Å². The molecule has 2 N–H and O–H groups in total. The normalized spacial score (nSPS) is 15.6. The quantitative estimate of drug-likeness (QED) is 0.803. The van der Waals surface area contributed by atoms with E-state index in [0.29, 0.717) is 0 Å². The van der Waals surface area contributed by atoms with Crippen molar-refractivity contribution < 1.29 is 24.5 Å². The second kappa shape index (κ2) is 9.14. The molecule has 1 saturated heterocycles. The Hall–Kier alpha value is -2.45. The van der Waals surface area contributed by atoms with Crippen molar-refractivity contribution in [2.75, 3.05) is 26.8 Å². The van der Waals surface area contributed by atoms with E-state index in [9.17, 15) is 0 Å². The molecule has 136 valence electrons. The summed E-state index contributed by atoms with van der Waals surface area (Å²) in [6.45, 7) is 4.17. The largest absolute Gasteiger partial charge is 0.473 e. The average molecular weight is 349 g/mol. The van der Waals surface area contributed by atoms with E-state index in [4.69, 9.17) is 24.5 Å². The number of pyridine rings is 1. The Kier molecular flexibility index (Phi) is 6.91. The minimum absolute atomic E-state index is 0.738. The van der Waals surface area contributed by atoms with Gasteiger partial charge in [0.25, 0.3) is 0 Å². The number of likely N-dealkylation sites (tertiary alicyclic amines) is 1. The Morgan fingerprint density at radius 1 is 1.24 bits per heavy atom. The van der Waals surface area contributed by atoms with Crippen LogP contribution in [0.2, 0.25) is 0 Å². The molecule has 0 spiro atoms. The van der Waals surface area contributed by atoms with E-state index in [1.165, 1.54) is 12.8 Å². The zero-order valence-electron chi connectivity index (χ0n) is 14.2. The second-order valence-electron chi connectivity index (χ2n) is 5.98. The van der Waals surface area contributed by atoms with Crippen LogP contribution < -0.4 is 0 Å². The van der Waals surface area contributed by atoms with Gasteiger partial charge in [-0.15, -0.1) is 0 Å². The number of piperidine rings is 1. The van der Waals surface area contributed by atoms with Gasteiger partial charge in [0.2, 0.25) is 0 Å². The Morgan fingerprint density at radius 3 is 2.48 bits per heavy atom. The summed E-state index contributed by atoms with van der Waals surface area (Å²) in [5, 5.41) is 14.8. The zero-order valence-corrected chi connectivity index (χ0v) is 14.2. The topological polar surface area (TPSA) is 104 Å². The number of carboxylic acid groups (broad SMARTS) is 2. The van der Waals surface area contributed by atoms with Crippen molar-refractivity contribution in [3.63, 3.8) is 0 Å². The standard InChI is InChI=1S/C15H21N3O.C2H2O4/c1-19-12-13-5-8-17(9-6-13)10-14-11-18-7-3-2-4-15(18)16-14;3-1(4)2(5)6/h2-4,7,11,13H,5-6,8-10,12H2,1H3;(H,3,4)(H,5,6). The van der Waals surface area contributed by atoms with Crippen molar-refractivity contribution in [2.24, 2.45) is 5.92 Å². The number of hydrogen-bond donors (Lipinski definition) is 2. The third-order valence-corrected chi connectivity index (χ3v) is 4.09. The molecule has 2 aromatic heterocycles. The molecule has 0 bridgehead atoms. The van der Waals surface area contributed by atoms with Gasteiger partial charge < -0.3 is 19.4 Å². The molecule has 2 aromatic rings. The molecule has 25 heavy (non-hydrogen) atoms. The van der Waals surface area contributed by atoms with Gasteiger partial charge in [0.15, 0.2) is 0 Å². The number of imidazole rings is 1. The van der Waals surface area contributed by atoms with Crippen LogP contribution in [0.4, 0.5) is 0 Å². The number of fused-ring (bicyclic) bond motifs is 1. The van der Waals surface area contributed by atoms with Crippen LogP contribution in [-0.2, 0) is 20.9 Å². The number of rotatable bonds is 4. The molecule has 0 aromatic carbocycles. The lowest BCUT2D eigenvalue weighted by atomic mass is 9.98. The lowest BCUT2D eigenvalue weighted by molar-refractivity contribution is -0.159. The van der Waals surface area contributed by atoms with E-state index < -0.39 is 11.9 Å². The average Bonchev–Trinajstić information content (AvgIpc) is 2.99. The number of carboxylic acids is 2. The van der Waals surface area contributed by atoms with Gasteiger partial charge in [-0.1, -0.05) is 6.07 Å². The first-order valence-corrected chi connectivity index (χ1v) is 8.09. The smallest absolute Gasteiger partial charge is 0.414 e. The van der Waals surface area contributed by atoms with Crippen molar-refractivity contribution in [2.45, 2.75) is 19.4 Å². The number of aromatic nitrogens is 2. The van der Waals surface area contributed by atoms with Crippen LogP contribution in [0.1, 0.15) is 18.5 Å². The van der Waals surface area contributed by atoms with Crippen LogP contribution in [0.3, 0.4) is 0 Å². The molecule has 1 aliphatic rings. The molecule has 0 atom stereocenters. The first-order valence-electron chi connectivity index (χ1n) is 8.09. The van der Waals surface area contributed by atoms with Gasteiger partial charge in [-0.3, -0.25) is 4.90 Å². The fourth-order valence-electron chi connectivity index (χ4n) is 2.84. The van der Waals surface area contributed by atoms with E-state index in [-0.39, 0.29) is 0 Å². The van der Waals surface area contributed by atoms with Crippen LogP contribution in [0.5, 0.6) is 0 Å². The van der Waals surface area contributed by atoms with Gasteiger partial charge in [-0.05, 0) is 44.0 Å². The van der Waals surface area contributed by atoms with Gasteiger partial charge in [0.05, 0.1) is 5.69 Å². The second-order valence-corrected chi connectivity index (χ2v) is 5.98. The summed E-state index contributed by atoms with van der Waals surface area (Å²) in [5.74, 6) is -2.91. The van der Waals surface area contributed by atoms with Crippen molar-refractivity contribution in [1.29, 1.82) is 0 Å². The van der Waals surface area contributed by atoms with E-state index >= 15 is 0 Å². The SMILES string of the molecule is COCC1CCN(Cc2cn3ccccc3n2)CC1.O=C(O)C(=O)O.